The van der Waals surface area contributed by atoms with E-state index in [9.17, 15) is 4.79 Å². The zero-order valence-electron chi connectivity index (χ0n) is 14.0. The maximum absolute atomic E-state index is 11.2. The van der Waals surface area contributed by atoms with E-state index in [0.29, 0.717) is 0 Å². The molecule has 0 rings (SSSR count). The highest BCUT2D eigenvalue weighted by Crippen LogP contribution is 2.15. The number of unbranched alkanes of at least 4 members (excludes halogenated alkanes) is 10. The number of carbonyl (C=O) groups excluding carboxylic acids is 1. The van der Waals surface area contributed by atoms with Crippen LogP contribution in [0.25, 0.3) is 0 Å². The van der Waals surface area contributed by atoms with Crippen molar-refractivity contribution in [3.8, 4) is 0 Å². The summed E-state index contributed by atoms with van der Waals surface area (Å²) < 4.78 is 0. The summed E-state index contributed by atoms with van der Waals surface area (Å²) in [6.07, 6.45) is 15.5. The molecule has 0 aromatic rings. The van der Waals surface area contributed by atoms with E-state index in [2.05, 4.69) is 6.92 Å². The van der Waals surface area contributed by atoms with Gasteiger partial charge in [0.2, 0.25) is 5.91 Å². The molecule has 0 aromatic carbocycles. The monoisotopic (exact) mass is 281 g/mol. The quantitative estimate of drug-likeness (QED) is 0.351. The summed E-state index contributed by atoms with van der Waals surface area (Å²) in [7, 11) is 0. The zero-order chi connectivity index (χ0) is 15.2. The van der Waals surface area contributed by atoms with Crippen molar-refractivity contribution in [3.63, 3.8) is 0 Å². The number of amides is 1. The van der Waals surface area contributed by atoms with Crippen LogP contribution in [0.4, 0.5) is 0 Å². The molecule has 20 heavy (non-hydrogen) atoms. The first-order valence-corrected chi connectivity index (χ1v) is 8.55. The van der Waals surface area contributed by atoms with Crippen LogP contribution in [0.5, 0.6) is 0 Å². The van der Waals surface area contributed by atoms with Gasteiger partial charge in [0.05, 0.1) is 0 Å². The number of nitrogens with two attached hydrogens (primary N) is 1. The number of primary amides is 1. The molecule has 0 aromatic heterocycles. The van der Waals surface area contributed by atoms with Crippen LogP contribution >= 0.6 is 0 Å². The fourth-order valence-electron chi connectivity index (χ4n) is 2.59. The van der Waals surface area contributed by atoms with Gasteiger partial charge in [-0.3, -0.25) is 4.79 Å². The van der Waals surface area contributed by atoms with Crippen LogP contribution in [0, 0.1) is 0 Å². The van der Waals surface area contributed by atoms with E-state index in [-0.39, 0.29) is 5.91 Å². The average molecular weight is 281 g/mol. The smallest absolute Gasteiger partial charge is 0.244 e. The SMILES string of the molecule is CCCCCCCCCCCCCC(C(N)=O)=C(C)C. The molecule has 0 atom stereocenters. The molecule has 2 N–H and O–H groups in total. The van der Waals surface area contributed by atoms with Gasteiger partial charge in [-0.15, -0.1) is 0 Å². The molecule has 0 heterocycles. The van der Waals surface area contributed by atoms with Gasteiger partial charge in [-0.2, -0.15) is 0 Å². The van der Waals surface area contributed by atoms with Gasteiger partial charge in [-0.25, -0.2) is 0 Å². The Morgan fingerprint density at radius 1 is 0.750 bits per heavy atom. The van der Waals surface area contributed by atoms with Crippen LogP contribution < -0.4 is 5.73 Å². The second-order valence-electron chi connectivity index (χ2n) is 6.13. The Bertz CT molecular complexity index is 277. The molecule has 1 amide bonds. The van der Waals surface area contributed by atoms with Gasteiger partial charge in [-0.05, 0) is 26.7 Å². The first-order chi connectivity index (χ1) is 9.59. The highest BCUT2D eigenvalue weighted by atomic mass is 16.1. The molecule has 0 saturated heterocycles. The van der Waals surface area contributed by atoms with Crippen molar-refractivity contribution in [2.24, 2.45) is 5.73 Å². The minimum Gasteiger partial charge on any atom is -0.366 e. The topological polar surface area (TPSA) is 43.1 Å². The summed E-state index contributed by atoms with van der Waals surface area (Å²) in [6, 6.07) is 0. The van der Waals surface area contributed by atoms with Crippen molar-refractivity contribution in [1.82, 2.24) is 0 Å². The van der Waals surface area contributed by atoms with Gasteiger partial charge in [0.1, 0.15) is 0 Å². The van der Waals surface area contributed by atoms with Crippen molar-refractivity contribution < 1.29 is 4.79 Å². The molecular weight excluding hydrogens is 246 g/mol. The van der Waals surface area contributed by atoms with Gasteiger partial charge >= 0.3 is 0 Å². The molecule has 0 saturated carbocycles. The van der Waals surface area contributed by atoms with Crippen molar-refractivity contribution in [3.05, 3.63) is 11.1 Å². The third-order valence-electron chi connectivity index (χ3n) is 3.93. The lowest BCUT2D eigenvalue weighted by atomic mass is 10.0. The molecule has 0 aliphatic rings. The first kappa shape index (κ1) is 19.2. The predicted molar refractivity (Wildman–Crippen MR) is 88.6 cm³/mol. The number of rotatable bonds is 13. The van der Waals surface area contributed by atoms with Gasteiger partial charge in [0.25, 0.3) is 0 Å². The van der Waals surface area contributed by atoms with Crippen LogP contribution in [0.1, 0.15) is 97.8 Å². The van der Waals surface area contributed by atoms with Crippen LogP contribution in [0.15, 0.2) is 11.1 Å². The zero-order valence-corrected chi connectivity index (χ0v) is 14.0. The molecule has 0 spiro atoms. The summed E-state index contributed by atoms with van der Waals surface area (Å²) in [4.78, 5) is 11.2. The summed E-state index contributed by atoms with van der Waals surface area (Å²) in [5, 5.41) is 0. The Morgan fingerprint density at radius 2 is 1.15 bits per heavy atom. The third-order valence-corrected chi connectivity index (χ3v) is 3.93. The molecule has 0 radical (unpaired) electrons. The van der Waals surface area contributed by atoms with Crippen LogP contribution in [0.2, 0.25) is 0 Å². The number of hydrogen-bond acceptors (Lipinski definition) is 1. The minimum atomic E-state index is -0.239. The highest BCUT2D eigenvalue weighted by Gasteiger charge is 2.06. The number of carbonyl (C=O) groups is 1. The van der Waals surface area contributed by atoms with Gasteiger partial charge in [-0.1, -0.05) is 76.7 Å². The normalized spacial score (nSPS) is 10.6. The molecule has 2 heteroatoms. The number of allylic oxidation sites excluding steroid dienone is 1. The van der Waals surface area contributed by atoms with Gasteiger partial charge in [0.15, 0.2) is 0 Å². The summed E-state index contributed by atoms with van der Waals surface area (Å²) in [5.74, 6) is -0.239. The minimum absolute atomic E-state index is 0.239. The Kier molecular flexibility index (Phi) is 12.7. The molecule has 0 aliphatic carbocycles. The fourth-order valence-corrected chi connectivity index (χ4v) is 2.59. The van der Waals surface area contributed by atoms with Crippen molar-refractivity contribution >= 4 is 5.91 Å². The number of hydrogen-bond donors (Lipinski definition) is 1. The van der Waals surface area contributed by atoms with E-state index < -0.39 is 0 Å². The molecule has 0 aliphatic heterocycles. The molecule has 0 fully saturated rings. The largest absolute Gasteiger partial charge is 0.366 e. The lowest BCUT2D eigenvalue weighted by molar-refractivity contribution is -0.114. The Morgan fingerprint density at radius 3 is 1.50 bits per heavy atom. The van der Waals surface area contributed by atoms with E-state index in [1.807, 2.05) is 13.8 Å². The molecular formula is C18H35NO. The van der Waals surface area contributed by atoms with E-state index in [1.165, 1.54) is 64.2 Å². The average Bonchev–Trinajstić information content (AvgIpc) is 2.39. The molecule has 2 nitrogen and oxygen atoms in total. The highest BCUT2D eigenvalue weighted by molar-refractivity contribution is 5.92. The lowest BCUT2D eigenvalue weighted by Gasteiger charge is -2.06. The second kappa shape index (κ2) is 13.2. The summed E-state index contributed by atoms with van der Waals surface area (Å²) in [5.41, 5.74) is 7.28. The molecule has 0 unspecified atom stereocenters. The summed E-state index contributed by atoms with van der Waals surface area (Å²) >= 11 is 0. The van der Waals surface area contributed by atoms with Gasteiger partial charge in [0, 0.05) is 5.57 Å². The van der Waals surface area contributed by atoms with Crippen LogP contribution in [0.3, 0.4) is 0 Å². The Balaban J connectivity index is 3.37. The van der Waals surface area contributed by atoms with E-state index in [0.717, 1.165) is 24.0 Å². The van der Waals surface area contributed by atoms with Crippen molar-refractivity contribution in [1.29, 1.82) is 0 Å². The fraction of sp³-hybridized carbons (Fsp3) is 0.833. The Labute approximate surface area is 126 Å². The van der Waals surface area contributed by atoms with E-state index >= 15 is 0 Å². The van der Waals surface area contributed by atoms with Crippen molar-refractivity contribution in [2.45, 2.75) is 97.8 Å². The molecule has 0 bridgehead atoms. The van der Waals surface area contributed by atoms with Crippen molar-refractivity contribution in [2.75, 3.05) is 0 Å². The van der Waals surface area contributed by atoms with Crippen LogP contribution in [-0.4, -0.2) is 5.91 Å². The maximum atomic E-state index is 11.2. The lowest BCUT2D eigenvalue weighted by Crippen LogP contribution is -2.15. The van der Waals surface area contributed by atoms with Crippen LogP contribution in [-0.2, 0) is 4.79 Å². The third kappa shape index (κ3) is 11.1. The Hall–Kier alpha value is -0.790. The second-order valence-corrected chi connectivity index (χ2v) is 6.13. The van der Waals surface area contributed by atoms with Gasteiger partial charge < -0.3 is 5.73 Å². The maximum Gasteiger partial charge on any atom is 0.244 e. The van der Waals surface area contributed by atoms with E-state index in [1.54, 1.807) is 0 Å². The first-order valence-electron chi connectivity index (χ1n) is 8.55. The van der Waals surface area contributed by atoms with E-state index in [4.69, 9.17) is 5.73 Å². The molecule has 118 valence electrons. The predicted octanol–water partition coefficient (Wildman–Crippen LogP) is 5.51. The summed E-state index contributed by atoms with van der Waals surface area (Å²) in [6.45, 7) is 6.20. The standard InChI is InChI=1S/C18H35NO/c1-4-5-6-7-8-9-10-11-12-13-14-15-17(16(2)3)18(19)20/h4-15H2,1-3H3,(H2,19,20).